The average Bonchev–Trinajstić information content (AvgIpc) is 3.11. The molecule has 0 aliphatic carbocycles. The van der Waals surface area contributed by atoms with Gasteiger partial charge in [-0.1, -0.05) is 24.3 Å². The normalized spacial score (nSPS) is 11.4. The minimum Gasteiger partial charge on any atom is -0.311 e. The zero-order valence-corrected chi connectivity index (χ0v) is 16.9. The van der Waals surface area contributed by atoms with Crippen LogP contribution in [0.25, 0.3) is 10.9 Å². The second-order valence-electron chi connectivity index (χ2n) is 7.09. The molecule has 3 heterocycles. The monoisotopic (exact) mass is 389 g/mol. The Kier molecular flexibility index (Phi) is 5.37. The smallest absolute Gasteiger partial charge is 0.255 e. The Morgan fingerprint density at radius 2 is 1.86 bits per heavy atom. The van der Waals surface area contributed by atoms with Crippen molar-refractivity contribution in [3.63, 3.8) is 0 Å². The van der Waals surface area contributed by atoms with Crippen molar-refractivity contribution in [2.45, 2.75) is 26.6 Å². The third-order valence-corrected chi connectivity index (χ3v) is 6.06. The molecule has 4 rings (SSSR count). The van der Waals surface area contributed by atoms with Gasteiger partial charge in [-0.15, -0.1) is 11.3 Å². The molecule has 0 unspecified atom stereocenters. The maximum Gasteiger partial charge on any atom is 0.255 e. The van der Waals surface area contributed by atoms with E-state index in [4.69, 9.17) is 0 Å². The molecule has 0 aliphatic heterocycles. The number of rotatable bonds is 6. The summed E-state index contributed by atoms with van der Waals surface area (Å²) < 4.78 is 1.75. The van der Waals surface area contributed by atoms with E-state index in [9.17, 15) is 4.79 Å². The zero-order valence-electron chi connectivity index (χ0n) is 16.1. The highest BCUT2D eigenvalue weighted by Gasteiger charge is 2.15. The maximum absolute atomic E-state index is 13.0. The van der Waals surface area contributed by atoms with Gasteiger partial charge in [0.15, 0.2) is 0 Å². The molecule has 4 aromatic rings. The van der Waals surface area contributed by atoms with Gasteiger partial charge in [0, 0.05) is 43.3 Å². The summed E-state index contributed by atoms with van der Waals surface area (Å²) in [5.74, 6) is 0. The molecule has 0 spiro atoms. The van der Waals surface area contributed by atoms with Crippen LogP contribution >= 0.6 is 11.3 Å². The molecule has 0 atom stereocenters. The molecule has 0 saturated heterocycles. The number of pyridine rings is 2. The maximum atomic E-state index is 13.0. The van der Waals surface area contributed by atoms with Crippen LogP contribution in [0.2, 0.25) is 0 Å². The SMILES string of the molecule is Cc1ccsc1CN(Cc1ccccn1)Cc1cc2ccccc2n(C)c1=O. The molecule has 1 aromatic carbocycles. The summed E-state index contributed by atoms with van der Waals surface area (Å²) >= 11 is 1.76. The highest BCUT2D eigenvalue weighted by Crippen LogP contribution is 2.21. The average molecular weight is 390 g/mol. The van der Waals surface area contributed by atoms with Gasteiger partial charge in [-0.05, 0) is 53.6 Å². The molecular formula is C23H23N3OS. The summed E-state index contributed by atoms with van der Waals surface area (Å²) in [6.45, 7) is 4.23. The molecule has 0 fully saturated rings. The van der Waals surface area contributed by atoms with Crippen LogP contribution in [-0.2, 0) is 26.7 Å². The molecule has 0 bridgehead atoms. The number of benzene rings is 1. The molecule has 4 nitrogen and oxygen atoms in total. The predicted octanol–water partition coefficient (Wildman–Crippen LogP) is 4.51. The quantitative estimate of drug-likeness (QED) is 0.487. The Labute approximate surface area is 168 Å². The Morgan fingerprint density at radius 3 is 2.61 bits per heavy atom. The number of thiophene rings is 1. The third-order valence-electron chi connectivity index (χ3n) is 5.05. The van der Waals surface area contributed by atoms with Gasteiger partial charge in [0.1, 0.15) is 0 Å². The lowest BCUT2D eigenvalue weighted by molar-refractivity contribution is 0.245. The Balaban J connectivity index is 1.69. The second-order valence-corrected chi connectivity index (χ2v) is 8.09. The van der Waals surface area contributed by atoms with Gasteiger partial charge in [-0.2, -0.15) is 0 Å². The first-order valence-corrected chi connectivity index (χ1v) is 10.2. The van der Waals surface area contributed by atoms with Crippen LogP contribution in [0.5, 0.6) is 0 Å². The summed E-state index contributed by atoms with van der Waals surface area (Å²) in [6.07, 6.45) is 1.82. The van der Waals surface area contributed by atoms with E-state index >= 15 is 0 Å². The molecule has 0 radical (unpaired) electrons. The number of aryl methyl sites for hydroxylation is 2. The predicted molar refractivity (Wildman–Crippen MR) is 115 cm³/mol. The van der Waals surface area contributed by atoms with Gasteiger partial charge in [0.05, 0.1) is 11.2 Å². The Morgan fingerprint density at radius 1 is 1.04 bits per heavy atom. The first kappa shape index (κ1) is 18.6. The van der Waals surface area contributed by atoms with Crippen molar-refractivity contribution < 1.29 is 0 Å². The molecule has 142 valence electrons. The number of hydrogen-bond donors (Lipinski definition) is 0. The summed E-state index contributed by atoms with van der Waals surface area (Å²) in [6, 6.07) is 18.2. The number of fused-ring (bicyclic) bond motifs is 1. The largest absolute Gasteiger partial charge is 0.311 e. The molecule has 0 amide bonds. The van der Waals surface area contributed by atoms with Crippen molar-refractivity contribution >= 4 is 22.2 Å². The molecule has 0 saturated carbocycles. The number of aromatic nitrogens is 2. The van der Waals surface area contributed by atoms with Crippen LogP contribution in [-0.4, -0.2) is 14.5 Å². The lowest BCUT2D eigenvalue weighted by atomic mass is 10.1. The highest BCUT2D eigenvalue weighted by molar-refractivity contribution is 7.10. The van der Waals surface area contributed by atoms with Crippen molar-refractivity contribution in [1.82, 2.24) is 14.5 Å². The van der Waals surface area contributed by atoms with Crippen molar-refractivity contribution in [2.75, 3.05) is 0 Å². The van der Waals surface area contributed by atoms with E-state index < -0.39 is 0 Å². The van der Waals surface area contributed by atoms with Crippen LogP contribution in [0.4, 0.5) is 0 Å². The van der Waals surface area contributed by atoms with E-state index in [1.54, 1.807) is 15.9 Å². The van der Waals surface area contributed by atoms with Crippen LogP contribution in [0, 0.1) is 6.92 Å². The van der Waals surface area contributed by atoms with Crippen LogP contribution in [0.3, 0.4) is 0 Å². The molecule has 0 aliphatic rings. The summed E-state index contributed by atoms with van der Waals surface area (Å²) in [4.78, 5) is 21.1. The first-order valence-electron chi connectivity index (χ1n) is 9.34. The van der Waals surface area contributed by atoms with Crippen LogP contribution in [0.15, 0.2) is 71.0 Å². The van der Waals surface area contributed by atoms with Gasteiger partial charge in [-0.25, -0.2) is 0 Å². The van der Waals surface area contributed by atoms with E-state index in [1.807, 2.05) is 55.7 Å². The third kappa shape index (κ3) is 3.91. The van der Waals surface area contributed by atoms with Crippen molar-refractivity contribution in [3.05, 3.63) is 98.2 Å². The number of hydrogen-bond acceptors (Lipinski definition) is 4. The van der Waals surface area contributed by atoms with Gasteiger partial charge in [0.25, 0.3) is 5.56 Å². The molecular weight excluding hydrogens is 366 g/mol. The fourth-order valence-corrected chi connectivity index (χ4v) is 4.45. The van der Waals surface area contributed by atoms with E-state index in [0.717, 1.165) is 28.7 Å². The topological polar surface area (TPSA) is 38.1 Å². The van der Waals surface area contributed by atoms with Crippen LogP contribution < -0.4 is 5.56 Å². The van der Waals surface area contributed by atoms with Crippen molar-refractivity contribution in [3.8, 4) is 0 Å². The number of nitrogens with zero attached hydrogens (tertiary/aromatic N) is 3. The summed E-state index contributed by atoms with van der Waals surface area (Å²) in [7, 11) is 1.85. The van der Waals surface area contributed by atoms with Gasteiger partial charge < -0.3 is 4.57 Å². The Hall–Kier alpha value is -2.76. The molecule has 3 aromatic heterocycles. The van der Waals surface area contributed by atoms with Gasteiger partial charge in [0.2, 0.25) is 0 Å². The van der Waals surface area contributed by atoms with Crippen molar-refractivity contribution in [2.24, 2.45) is 7.05 Å². The fraction of sp³-hybridized carbons (Fsp3) is 0.217. The first-order chi connectivity index (χ1) is 13.6. The molecule has 0 N–H and O–H groups in total. The van der Waals surface area contributed by atoms with Gasteiger partial charge in [-0.3, -0.25) is 14.7 Å². The minimum absolute atomic E-state index is 0.0626. The zero-order chi connectivity index (χ0) is 19.5. The van der Waals surface area contributed by atoms with Crippen LogP contribution in [0.1, 0.15) is 21.7 Å². The standard InChI is InChI=1S/C23H23N3OS/c1-17-10-12-28-22(17)16-26(15-20-8-5-6-11-24-20)14-19-13-18-7-3-4-9-21(18)25(2)23(19)27/h3-13H,14-16H2,1-2H3. The van der Waals surface area contributed by atoms with E-state index in [-0.39, 0.29) is 5.56 Å². The van der Waals surface area contributed by atoms with E-state index in [1.165, 1.54) is 10.4 Å². The number of para-hydroxylation sites is 1. The summed E-state index contributed by atoms with van der Waals surface area (Å²) in [5, 5.41) is 3.21. The highest BCUT2D eigenvalue weighted by atomic mass is 32.1. The Bertz CT molecular complexity index is 1150. The second kappa shape index (κ2) is 8.09. The van der Waals surface area contributed by atoms with E-state index in [2.05, 4.69) is 34.3 Å². The van der Waals surface area contributed by atoms with Crippen molar-refractivity contribution in [1.29, 1.82) is 0 Å². The lowest BCUT2D eigenvalue weighted by Crippen LogP contribution is -2.29. The molecule has 28 heavy (non-hydrogen) atoms. The lowest BCUT2D eigenvalue weighted by Gasteiger charge is -2.22. The summed E-state index contributed by atoms with van der Waals surface area (Å²) in [5.41, 5.74) is 4.14. The van der Waals surface area contributed by atoms with Gasteiger partial charge >= 0.3 is 0 Å². The minimum atomic E-state index is 0.0626. The fourth-order valence-electron chi connectivity index (χ4n) is 3.50. The molecule has 5 heteroatoms. The van der Waals surface area contributed by atoms with E-state index in [0.29, 0.717) is 13.1 Å².